The molecule has 0 aromatic heterocycles. The highest BCUT2D eigenvalue weighted by atomic mass is 16.3. The standard InChI is InChI=1S/C17H22O/c18-17(13-11-15-7-3-1-4-8-15)14-12-16-9-5-2-6-10-16/h1,3-4,7-9,12,14,17-18H,2,5-6,10-11,13H2/b14-12+. The van der Waals surface area contributed by atoms with Gasteiger partial charge in [0, 0.05) is 0 Å². The SMILES string of the molecule is OC(/C=C/C1=CCCCC1)CCc1ccccc1. The van der Waals surface area contributed by atoms with Crippen LogP contribution in [0, 0.1) is 0 Å². The lowest BCUT2D eigenvalue weighted by Crippen LogP contribution is -2.04. The molecule has 0 heterocycles. The van der Waals surface area contributed by atoms with Gasteiger partial charge in [-0.1, -0.05) is 54.1 Å². The smallest absolute Gasteiger partial charge is 0.0727 e. The maximum Gasteiger partial charge on any atom is 0.0727 e. The third-order valence-electron chi connectivity index (χ3n) is 3.43. The van der Waals surface area contributed by atoms with Gasteiger partial charge in [-0.2, -0.15) is 0 Å². The molecule has 1 nitrogen and oxygen atoms in total. The van der Waals surface area contributed by atoms with Crippen molar-refractivity contribution in [1.82, 2.24) is 0 Å². The maximum absolute atomic E-state index is 9.93. The van der Waals surface area contributed by atoms with Crippen LogP contribution in [0.5, 0.6) is 0 Å². The first-order valence-corrected chi connectivity index (χ1v) is 6.94. The molecule has 1 heteroatoms. The lowest BCUT2D eigenvalue weighted by atomic mass is 9.98. The van der Waals surface area contributed by atoms with Crippen LogP contribution in [-0.2, 0) is 6.42 Å². The van der Waals surface area contributed by atoms with E-state index < -0.39 is 0 Å². The summed E-state index contributed by atoms with van der Waals surface area (Å²) in [6, 6.07) is 10.3. The molecule has 2 rings (SSSR count). The monoisotopic (exact) mass is 242 g/mol. The molecule has 0 amide bonds. The van der Waals surface area contributed by atoms with Crippen molar-refractivity contribution < 1.29 is 5.11 Å². The highest BCUT2D eigenvalue weighted by molar-refractivity contribution is 5.21. The summed E-state index contributed by atoms with van der Waals surface area (Å²) in [5.74, 6) is 0. The summed E-state index contributed by atoms with van der Waals surface area (Å²) in [6.45, 7) is 0. The molecule has 1 aliphatic carbocycles. The average molecular weight is 242 g/mol. The van der Waals surface area contributed by atoms with Crippen molar-refractivity contribution >= 4 is 0 Å². The molecule has 1 aliphatic rings. The van der Waals surface area contributed by atoms with Crippen LogP contribution in [0.25, 0.3) is 0 Å². The normalized spacial score (nSPS) is 17.7. The van der Waals surface area contributed by atoms with E-state index in [9.17, 15) is 5.11 Å². The fourth-order valence-electron chi connectivity index (χ4n) is 2.30. The molecule has 0 saturated carbocycles. The zero-order valence-corrected chi connectivity index (χ0v) is 10.9. The molecule has 1 aromatic carbocycles. The van der Waals surface area contributed by atoms with Gasteiger partial charge in [0.15, 0.2) is 0 Å². The highest BCUT2D eigenvalue weighted by Gasteiger charge is 2.03. The minimum atomic E-state index is -0.326. The number of benzene rings is 1. The third kappa shape index (κ3) is 4.50. The zero-order chi connectivity index (χ0) is 12.6. The molecule has 0 aliphatic heterocycles. The van der Waals surface area contributed by atoms with Gasteiger partial charge in [-0.3, -0.25) is 0 Å². The predicted molar refractivity (Wildman–Crippen MR) is 76.5 cm³/mol. The van der Waals surface area contributed by atoms with Gasteiger partial charge in [-0.05, 0) is 44.1 Å². The van der Waals surface area contributed by atoms with E-state index in [-0.39, 0.29) is 6.10 Å². The Morgan fingerprint density at radius 3 is 2.72 bits per heavy atom. The van der Waals surface area contributed by atoms with Crippen LogP contribution in [0.3, 0.4) is 0 Å². The quantitative estimate of drug-likeness (QED) is 0.826. The van der Waals surface area contributed by atoms with E-state index in [1.165, 1.54) is 36.8 Å². The van der Waals surface area contributed by atoms with Gasteiger partial charge < -0.3 is 5.11 Å². The van der Waals surface area contributed by atoms with Crippen LogP contribution < -0.4 is 0 Å². The van der Waals surface area contributed by atoms with E-state index in [0.29, 0.717) is 0 Å². The van der Waals surface area contributed by atoms with E-state index in [1.807, 2.05) is 24.3 Å². The molecule has 0 spiro atoms. The molecule has 0 radical (unpaired) electrons. The van der Waals surface area contributed by atoms with E-state index >= 15 is 0 Å². The summed E-state index contributed by atoms with van der Waals surface area (Å²) in [7, 11) is 0. The Morgan fingerprint density at radius 2 is 2.00 bits per heavy atom. The van der Waals surface area contributed by atoms with Crippen molar-refractivity contribution in [2.45, 2.75) is 44.6 Å². The van der Waals surface area contributed by atoms with Gasteiger partial charge in [0.1, 0.15) is 0 Å². The minimum Gasteiger partial charge on any atom is -0.389 e. The summed E-state index contributed by atoms with van der Waals surface area (Å²) < 4.78 is 0. The van der Waals surface area contributed by atoms with Crippen LogP contribution in [-0.4, -0.2) is 11.2 Å². The number of aliphatic hydroxyl groups excluding tert-OH is 1. The van der Waals surface area contributed by atoms with Crippen LogP contribution in [0.15, 0.2) is 54.1 Å². The van der Waals surface area contributed by atoms with E-state index in [4.69, 9.17) is 0 Å². The third-order valence-corrected chi connectivity index (χ3v) is 3.43. The average Bonchev–Trinajstić information content (AvgIpc) is 2.45. The summed E-state index contributed by atoms with van der Waals surface area (Å²) in [6.07, 6.45) is 12.7. The number of rotatable bonds is 5. The Bertz CT molecular complexity index is 403. The Kier molecular flexibility index (Phi) is 5.22. The second-order valence-electron chi connectivity index (χ2n) is 4.98. The van der Waals surface area contributed by atoms with Crippen LogP contribution >= 0.6 is 0 Å². The molecule has 1 N–H and O–H groups in total. The van der Waals surface area contributed by atoms with Crippen molar-refractivity contribution in [3.63, 3.8) is 0 Å². The molecule has 96 valence electrons. The van der Waals surface area contributed by atoms with Gasteiger partial charge in [0.25, 0.3) is 0 Å². The van der Waals surface area contributed by atoms with Crippen molar-refractivity contribution in [3.05, 3.63) is 59.7 Å². The van der Waals surface area contributed by atoms with Crippen molar-refractivity contribution in [2.24, 2.45) is 0 Å². The summed E-state index contributed by atoms with van der Waals surface area (Å²) in [5, 5.41) is 9.93. The lowest BCUT2D eigenvalue weighted by molar-refractivity contribution is 0.213. The minimum absolute atomic E-state index is 0.326. The second kappa shape index (κ2) is 7.17. The number of hydrogen-bond donors (Lipinski definition) is 1. The van der Waals surface area contributed by atoms with E-state index in [1.54, 1.807) is 0 Å². The van der Waals surface area contributed by atoms with Crippen LogP contribution in [0.4, 0.5) is 0 Å². The van der Waals surface area contributed by atoms with Crippen LogP contribution in [0.1, 0.15) is 37.7 Å². The Morgan fingerprint density at radius 1 is 1.17 bits per heavy atom. The molecule has 0 bridgehead atoms. The van der Waals surface area contributed by atoms with Crippen molar-refractivity contribution in [1.29, 1.82) is 0 Å². The molecular weight excluding hydrogens is 220 g/mol. The van der Waals surface area contributed by atoms with E-state index in [0.717, 1.165) is 12.8 Å². The first-order valence-electron chi connectivity index (χ1n) is 6.94. The molecule has 0 saturated heterocycles. The Labute approximate surface area is 110 Å². The van der Waals surface area contributed by atoms with Gasteiger partial charge in [-0.15, -0.1) is 0 Å². The predicted octanol–water partition coefficient (Wildman–Crippen LogP) is 4.04. The topological polar surface area (TPSA) is 20.2 Å². The lowest BCUT2D eigenvalue weighted by Gasteiger charge is -2.10. The molecule has 1 unspecified atom stereocenters. The number of aliphatic hydroxyl groups is 1. The van der Waals surface area contributed by atoms with Crippen molar-refractivity contribution in [3.8, 4) is 0 Å². The maximum atomic E-state index is 9.93. The van der Waals surface area contributed by atoms with Gasteiger partial charge >= 0.3 is 0 Å². The summed E-state index contributed by atoms with van der Waals surface area (Å²) in [4.78, 5) is 0. The number of hydrogen-bond acceptors (Lipinski definition) is 1. The van der Waals surface area contributed by atoms with Crippen molar-refractivity contribution in [2.75, 3.05) is 0 Å². The number of allylic oxidation sites excluding steroid dienone is 3. The fraction of sp³-hybridized carbons (Fsp3) is 0.412. The van der Waals surface area contributed by atoms with Crippen LogP contribution in [0.2, 0.25) is 0 Å². The van der Waals surface area contributed by atoms with Gasteiger partial charge in [0.05, 0.1) is 6.10 Å². The zero-order valence-electron chi connectivity index (χ0n) is 10.9. The van der Waals surface area contributed by atoms with Gasteiger partial charge in [0.2, 0.25) is 0 Å². The number of aryl methyl sites for hydroxylation is 1. The Balaban J connectivity index is 1.76. The summed E-state index contributed by atoms with van der Waals surface area (Å²) >= 11 is 0. The largest absolute Gasteiger partial charge is 0.389 e. The second-order valence-corrected chi connectivity index (χ2v) is 4.98. The molecule has 18 heavy (non-hydrogen) atoms. The molecule has 1 atom stereocenters. The van der Waals surface area contributed by atoms with Gasteiger partial charge in [-0.25, -0.2) is 0 Å². The Hall–Kier alpha value is -1.34. The fourth-order valence-corrected chi connectivity index (χ4v) is 2.30. The first kappa shape index (κ1) is 13.1. The molecule has 1 aromatic rings. The first-order chi connectivity index (χ1) is 8.84. The molecular formula is C17H22O. The van der Waals surface area contributed by atoms with E-state index in [2.05, 4.69) is 24.3 Å². The molecule has 0 fully saturated rings. The highest BCUT2D eigenvalue weighted by Crippen LogP contribution is 2.18. The summed E-state index contributed by atoms with van der Waals surface area (Å²) in [5.41, 5.74) is 2.68.